The molecule has 3 heteroatoms. The normalized spacial score (nSPS) is 21.4. The van der Waals surface area contributed by atoms with Crippen LogP contribution in [0.1, 0.15) is 26.2 Å². The predicted octanol–water partition coefficient (Wildman–Crippen LogP) is 1.04. The number of hydrogen-bond donors (Lipinski definition) is 0. The third-order valence-electron chi connectivity index (χ3n) is 2.42. The van der Waals surface area contributed by atoms with Gasteiger partial charge in [-0.05, 0) is 12.8 Å². The predicted molar refractivity (Wildman–Crippen MR) is 54.7 cm³/mol. The van der Waals surface area contributed by atoms with Crippen LogP contribution in [0.4, 0.5) is 0 Å². The third-order valence-corrected chi connectivity index (χ3v) is 2.42. The smallest absolute Gasteiger partial charge is 0.323 e. The van der Waals surface area contributed by atoms with Crippen molar-refractivity contribution in [2.24, 2.45) is 0 Å². The van der Waals surface area contributed by atoms with E-state index in [1.807, 2.05) is 6.92 Å². The first kappa shape index (κ1) is 11.1. The fraction of sp³-hybridized carbons (Fsp3) is 0.727. The number of rotatable bonds is 2. The standard InChI is InChI=1S/C11H17NO2/c1-3-4-5-8-12-9-6-7-10(12)11(13)14-2/h10H,3,6-9H2,1-2H3/t10-/m0/s1. The van der Waals surface area contributed by atoms with E-state index in [2.05, 4.69) is 16.7 Å². The van der Waals surface area contributed by atoms with Crippen LogP contribution in [-0.4, -0.2) is 37.1 Å². The third kappa shape index (κ3) is 2.74. The Morgan fingerprint density at radius 1 is 1.57 bits per heavy atom. The second-order valence-electron chi connectivity index (χ2n) is 3.36. The van der Waals surface area contributed by atoms with Gasteiger partial charge in [-0.15, -0.1) is 5.92 Å². The van der Waals surface area contributed by atoms with Gasteiger partial charge in [-0.25, -0.2) is 0 Å². The van der Waals surface area contributed by atoms with Gasteiger partial charge in [0.05, 0.1) is 13.7 Å². The van der Waals surface area contributed by atoms with Crippen molar-refractivity contribution in [1.29, 1.82) is 0 Å². The first-order valence-corrected chi connectivity index (χ1v) is 5.07. The molecule has 0 spiro atoms. The van der Waals surface area contributed by atoms with Gasteiger partial charge >= 0.3 is 5.97 Å². The van der Waals surface area contributed by atoms with E-state index >= 15 is 0 Å². The van der Waals surface area contributed by atoms with Gasteiger partial charge in [0, 0.05) is 13.0 Å². The van der Waals surface area contributed by atoms with Gasteiger partial charge in [0.25, 0.3) is 0 Å². The highest BCUT2D eigenvalue weighted by Crippen LogP contribution is 2.17. The number of ether oxygens (including phenoxy) is 1. The quantitative estimate of drug-likeness (QED) is 0.487. The van der Waals surface area contributed by atoms with Crippen LogP contribution in [0.15, 0.2) is 0 Å². The lowest BCUT2D eigenvalue weighted by Gasteiger charge is -2.19. The molecular formula is C11H17NO2. The molecule has 1 heterocycles. The number of esters is 1. The summed E-state index contributed by atoms with van der Waals surface area (Å²) in [5, 5.41) is 0. The molecule has 0 bridgehead atoms. The van der Waals surface area contributed by atoms with Crippen LogP contribution >= 0.6 is 0 Å². The van der Waals surface area contributed by atoms with Gasteiger partial charge in [0.1, 0.15) is 6.04 Å². The summed E-state index contributed by atoms with van der Waals surface area (Å²) in [6.07, 6.45) is 2.84. The van der Waals surface area contributed by atoms with Gasteiger partial charge in [-0.1, -0.05) is 12.8 Å². The van der Waals surface area contributed by atoms with Gasteiger partial charge in [-0.2, -0.15) is 0 Å². The lowest BCUT2D eigenvalue weighted by atomic mass is 10.2. The Kier molecular flexibility index (Phi) is 4.48. The maximum absolute atomic E-state index is 11.3. The Labute approximate surface area is 85.4 Å². The molecule has 1 fully saturated rings. The summed E-state index contributed by atoms with van der Waals surface area (Å²) in [4.78, 5) is 13.4. The van der Waals surface area contributed by atoms with Crippen LogP contribution in [-0.2, 0) is 9.53 Å². The molecule has 0 unspecified atom stereocenters. The topological polar surface area (TPSA) is 29.5 Å². The van der Waals surface area contributed by atoms with Crippen molar-refractivity contribution >= 4 is 5.97 Å². The van der Waals surface area contributed by atoms with Crippen molar-refractivity contribution in [3.05, 3.63) is 0 Å². The maximum Gasteiger partial charge on any atom is 0.323 e. The monoisotopic (exact) mass is 195 g/mol. The van der Waals surface area contributed by atoms with E-state index in [1.54, 1.807) is 0 Å². The molecule has 1 aliphatic rings. The summed E-state index contributed by atoms with van der Waals surface area (Å²) in [6.45, 7) is 3.67. The van der Waals surface area contributed by atoms with Crippen molar-refractivity contribution in [3.8, 4) is 11.8 Å². The molecule has 1 atom stereocenters. The van der Waals surface area contributed by atoms with Gasteiger partial charge < -0.3 is 4.74 Å². The van der Waals surface area contributed by atoms with E-state index < -0.39 is 0 Å². The molecule has 0 aromatic carbocycles. The van der Waals surface area contributed by atoms with Crippen LogP contribution in [0.5, 0.6) is 0 Å². The van der Waals surface area contributed by atoms with Crippen molar-refractivity contribution in [2.45, 2.75) is 32.2 Å². The van der Waals surface area contributed by atoms with Gasteiger partial charge in [0.15, 0.2) is 0 Å². The fourth-order valence-electron chi connectivity index (χ4n) is 1.70. The van der Waals surface area contributed by atoms with E-state index in [0.29, 0.717) is 6.54 Å². The molecular weight excluding hydrogens is 178 g/mol. The number of carbonyl (C=O) groups is 1. The summed E-state index contributed by atoms with van der Waals surface area (Å²) in [6, 6.07) is -0.0637. The number of likely N-dealkylation sites (tertiary alicyclic amines) is 1. The first-order valence-electron chi connectivity index (χ1n) is 5.07. The largest absolute Gasteiger partial charge is 0.468 e. The van der Waals surface area contributed by atoms with Crippen LogP contribution < -0.4 is 0 Å². The summed E-state index contributed by atoms with van der Waals surface area (Å²) in [5.74, 6) is 5.94. The number of hydrogen-bond acceptors (Lipinski definition) is 3. The molecule has 1 rings (SSSR count). The first-order chi connectivity index (χ1) is 6.79. The van der Waals surface area contributed by atoms with Crippen LogP contribution in [0.3, 0.4) is 0 Å². The number of carbonyl (C=O) groups excluding carboxylic acids is 1. The zero-order chi connectivity index (χ0) is 10.4. The Hall–Kier alpha value is -1.01. The molecule has 78 valence electrons. The van der Waals surface area contributed by atoms with Crippen molar-refractivity contribution in [3.63, 3.8) is 0 Å². The highest BCUT2D eigenvalue weighted by atomic mass is 16.5. The van der Waals surface area contributed by atoms with E-state index in [4.69, 9.17) is 4.74 Å². The zero-order valence-corrected chi connectivity index (χ0v) is 8.88. The molecule has 0 aliphatic carbocycles. The summed E-state index contributed by atoms with van der Waals surface area (Å²) in [5.41, 5.74) is 0. The Bertz CT molecular complexity index is 252. The van der Waals surface area contributed by atoms with Crippen molar-refractivity contribution < 1.29 is 9.53 Å². The molecule has 0 saturated carbocycles. The van der Waals surface area contributed by atoms with E-state index in [1.165, 1.54) is 7.11 Å². The number of methoxy groups -OCH3 is 1. The second-order valence-corrected chi connectivity index (χ2v) is 3.36. The van der Waals surface area contributed by atoms with E-state index in [-0.39, 0.29) is 12.0 Å². The summed E-state index contributed by atoms with van der Waals surface area (Å²) < 4.78 is 4.74. The van der Waals surface area contributed by atoms with E-state index in [0.717, 1.165) is 25.8 Å². The molecule has 1 aliphatic heterocycles. The van der Waals surface area contributed by atoms with Crippen LogP contribution in [0, 0.1) is 11.8 Å². The molecule has 14 heavy (non-hydrogen) atoms. The average molecular weight is 195 g/mol. The average Bonchev–Trinajstić information content (AvgIpc) is 2.65. The highest BCUT2D eigenvalue weighted by Gasteiger charge is 2.30. The summed E-state index contributed by atoms with van der Waals surface area (Å²) >= 11 is 0. The van der Waals surface area contributed by atoms with Crippen molar-refractivity contribution in [2.75, 3.05) is 20.2 Å². The van der Waals surface area contributed by atoms with Crippen LogP contribution in [0.2, 0.25) is 0 Å². The minimum absolute atomic E-state index is 0.0637. The van der Waals surface area contributed by atoms with Gasteiger partial charge in [-0.3, -0.25) is 9.69 Å². The Morgan fingerprint density at radius 2 is 2.36 bits per heavy atom. The maximum atomic E-state index is 11.3. The molecule has 1 saturated heterocycles. The zero-order valence-electron chi connectivity index (χ0n) is 8.88. The van der Waals surface area contributed by atoms with Crippen molar-refractivity contribution in [1.82, 2.24) is 4.90 Å². The summed E-state index contributed by atoms with van der Waals surface area (Å²) in [7, 11) is 1.44. The minimum atomic E-state index is -0.124. The van der Waals surface area contributed by atoms with Crippen LogP contribution in [0.25, 0.3) is 0 Å². The molecule has 0 amide bonds. The van der Waals surface area contributed by atoms with E-state index in [9.17, 15) is 4.79 Å². The molecule has 0 radical (unpaired) electrons. The SMILES string of the molecule is CCC#CCN1CCC[C@H]1C(=O)OC. The Morgan fingerprint density at radius 3 is 3.00 bits per heavy atom. The lowest BCUT2D eigenvalue weighted by molar-refractivity contribution is -0.145. The number of nitrogens with zero attached hydrogens (tertiary/aromatic N) is 1. The molecule has 0 N–H and O–H groups in total. The highest BCUT2D eigenvalue weighted by molar-refractivity contribution is 5.76. The second kappa shape index (κ2) is 5.66. The minimum Gasteiger partial charge on any atom is -0.468 e. The Balaban J connectivity index is 2.47. The molecule has 3 nitrogen and oxygen atoms in total. The molecule has 0 aromatic rings. The lowest BCUT2D eigenvalue weighted by Crippen LogP contribution is -2.37. The fourth-order valence-corrected chi connectivity index (χ4v) is 1.70. The van der Waals surface area contributed by atoms with Gasteiger partial charge in [0.2, 0.25) is 0 Å². The molecule has 0 aromatic heterocycles.